The minimum absolute atomic E-state index is 0.159. The van der Waals surface area contributed by atoms with Crippen LogP contribution in [-0.2, 0) is 11.2 Å². The van der Waals surface area contributed by atoms with Crippen molar-refractivity contribution in [3.8, 4) is 5.75 Å². The molecule has 2 N–H and O–H groups in total. The average molecular weight is 284 g/mol. The van der Waals surface area contributed by atoms with E-state index in [-0.39, 0.29) is 18.2 Å². The highest BCUT2D eigenvalue weighted by Gasteiger charge is 2.07. The van der Waals surface area contributed by atoms with Crippen molar-refractivity contribution in [2.24, 2.45) is 0 Å². The minimum atomic E-state index is -0.352. The molecule has 2 rings (SSSR count). The van der Waals surface area contributed by atoms with Crippen molar-refractivity contribution in [3.63, 3.8) is 0 Å². The number of hydrazine groups is 1. The fourth-order valence-electron chi connectivity index (χ4n) is 1.80. The number of carbonyl (C=O) groups excluding carboxylic acids is 2. The highest BCUT2D eigenvalue weighted by molar-refractivity contribution is 5.95. The third kappa shape index (κ3) is 4.35. The quantitative estimate of drug-likeness (QED) is 0.840. The Bertz CT molecular complexity index is 626. The van der Waals surface area contributed by atoms with Gasteiger partial charge in [0.15, 0.2) is 0 Å². The molecule has 0 aliphatic heterocycles. The van der Waals surface area contributed by atoms with Crippen LogP contribution in [0.4, 0.5) is 0 Å². The van der Waals surface area contributed by atoms with Crippen molar-refractivity contribution < 1.29 is 14.3 Å². The van der Waals surface area contributed by atoms with E-state index in [1.807, 2.05) is 18.2 Å². The van der Waals surface area contributed by atoms with Crippen LogP contribution in [0.15, 0.2) is 54.6 Å². The lowest BCUT2D eigenvalue weighted by molar-refractivity contribution is -0.121. The lowest BCUT2D eigenvalue weighted by Crippen LogP contribution is -2.42. The van der Waals surface area contributed by atoms with Crippen molar-refractivity contribution in [1.29, 1.82) is 0 Å². The third-order valence-corrected chi connectivity index (χ3v) is 2.85. The van der Waals surface area contributed by atoms with Crippen LogP contribution in [0.25, 0.3) is 0 Å². The van der Waals surface area contributed by atoms with Crippen LogP contribution in [0.1, 0.15) is 15.9 Å². The van der Waals surface area contributed by atoms with Gasteiger partial charge in [-0.25, -0.2) is 0 Å². The summed E-state index contributed by atoms with van der Waals surface area (Å²) in [6, 6.07) is 15.9. The van der Waals surface area contributed by atoms with E-state index in [2.05, 4.69) is 10.9 Å². The lowest BCUT2D eigenvalue weighted by Gasteiger charge is -2.08. The number of benzene rings is 2. The molecule has 0 spiro atoms. The van der Waals surface area contributed by atoms with Crippen molar-refractivity contribution in [3.05, 3.63) is 65.7 Å². The first-order chi connectivity index (χ1) is 10.2. The summed E-state index contributed by atoms with van der Waals surface area (Å²) in [5.74, 6) is 0.0377. The van der Waals surface area contributed by atoms with Crippen LogP contribution in [0.3, 0.4) is 0 Å². The number of carbonyl (C=O) groups is 2. The maximum Gasteiger partial charge on any atom is 0.269 e. The van der Waals surface area contributed by atoms with Gasteiger partial charge in [0, 0.05) is 5.56 Å². The Balaban J connectivity index is 1.86. The summed E-state index contributed by atoms with van der Waals surface area (Å²) in [6.07, 6.45) is 0.159. The predicted octanol–water partition coefficient (Wildman–Crippen LogP) is 1.70. The molecule has 0 bridgehead atoms. The Kier molecular flexibility index (Phi) is 4.93. The zero-order valence-electron chi connectivity index (χ0n) is 11.6. The molecule has 0 radical (unpaired) electrons. The molecule has 0 aromatic heterocycles. The topological polar surface area (TPSA) is 67.4 Å². The van der Waals surface area contributed by atoms with Gasteiger partial charge in [0.05, 0.1) is 13.5 Å². The van der Waals surface area contributed by atoms with Crippen LogP contribution in [0.2, 0.25) is 0 Å². The summed E-state index contributed by atoms with van der Waals surface area (Å²) in [6.45, 7) is 0. The van der Waals surface area contributed by atoms with Gasteiger partial charge in [-0.2, -0.15) is 0 Å². The summed E-state index contributed by atoms with van der Waals surface area (Å²) in [4.78, 5) is 23.5. The summed E-state index contributed by atoms with van der Waals surface area (Å²) in [5.41, 5.74) is 6.06. The normalized spacial score (nSPS) is 9.76. The summed E-state index contributed by atoms with van der Waals surface area (Å²) in [7, 11) is 1.57. The van der Waals surface area contributed by atoms with E-state index in [4.69, 9.17) is 4.74 Å². The van der Waals surface area contributed by atoms with E-state index in [1.54, 1.807) is 43.5 Å². The van der Waals surface area contributed by atoms with Gasteiger partial charge < -0.3 is 4.74 Å². The average Bonchev–Trinajstić information content (AvgIpc) is 2.53. The molecule has 0 fully saturated rings. The monoisotopic (exact) mass is 284 g/mol. The van der Waals surface area contributed by atoms with E-state index in [0.29, 0.717) is 11.3 Å². The number of ether oxygens (including phenoxy) is 1. The summed E-state index contributed by atoms with van der Waals surface area (Å²) in [5, 5.41) is 0. The zero-order valence-corrected chi connectivity index (χ0v) is 11.6. The van der Waals surface area contributed by atoms with E-state index in [0.717, 1.165) is 5.56 Å². The SMILES string of the molecule is COc1cccc(CC(=O)NNC(=O)c2ccccc2)c1. The molecule has 0 saturated carbocycles. The fraction of sp³-hybridized carbons (Fsp3) is 0.125. The van der Waals surface area contributed by atoms with E-state index >= 15 is 0 Å². The lowest BCUT2D eigenvalue weighted by atomic mass is 10.1. The van der Waals surface area contributed by atoms with Crippen LogP contribution >= 0.6 is 0 Å². The molecular formula is C16H16N2O3. The van der Waals surface area contributed by atoms with Crippen LogP contribution < -0.4 is 15.6 Å². The Hall–Kier alpha value is -2.82. The van der Waals surface area contributed by atoms with Crippen LogP contribution in [0, 0.1) is 0 Å². The van der Waals surface area contributed by atoms with Crippen molar-refractivity contribution in [1.82, 2.24) is 10.9 Å². The first-order valence-electron chi connectivity index (χ1n) is 6.46. The molecule has 0 heterocycles. The number of hydrogen-bond acceptors (Lipinski definition) is 3. The molecule has 5 heteroatoms. The molecule has 21 heavy (non-hydrogen) atoms. The minimum Gasteiger partial charge on any atom is -0.497 e. The van der Waals surface area contributed by atoms with Gasteiger partial charge in [0.25, 0.3) is 5.91 Å². The summed E-state index contributed by atoms with van der Waals surface area (Å²) >= 11 is 0. The van der Waals surface area contributed by atoms with Crippen molar-refractivity contribution in [2.75, 3.05) is 7.11 Å². The fourth-order valence-corrected chi connectivity index (χ4v) is 1.80. The summed E-state index contributed by atoms with van der Waals surface area (Å²) < 4.78 is 5.09. The standard InChI is InChI=1S/C16H16N2O3/c1-21-14-9-5-6-12(10-14)11-15(19)17-18-16(20)13-7-3-2-4-8-13/h2-10H,11H2,1H3,(H,17,19)(H,18,20). The molecule has 2 aromatic rings. The smallest absolute Gasteiger partial charge is 0.269 e. The molecule has 108 valence electrons. The number of amides is 2. The maximum atomic E-state index is 11.8. The third-order valence-electron chi connectivity index (χ3n) is 2.85. The Morgan fingerprint density at radius 1 is 1.00 bits per heavy atom. The van der Waals surface area contributed by atoms with Gasteiger partial charge in [-0.15, -0.1) is 0 Å². The van der Waals surface area contributed by atoms with Gasteiger partial charge in [-0.1, -0.05) is 30.3 Å². The Labute approximate surface area is 122 Å². The molecule has 0 atom stereocenters. The van der Waals surface area contributed by atoms with Gasteiger partial charge in [0.2, 0.25) is 5.91 Å². The Morgan fingerprint density at radius 3 is 2.48 bits per heavy atom. The van der Waals surface area contributed by atoms with Crippen molar-refractivity contribution in [2.45, 2.75) is 6.42 Å². The van der Waals surface area contributed by atoms with Gasteiger partial charge in [0.1, 0.15) is 5.75 Å². The molecule has 5 nitrogen and oxygen atoms in total. The number of hydrogen-bond donors (Lipinski definition) is 2. The maximum absolute atomic E-state index is 11.8. The molecule has 0 aliphatic rings. The zero-order chi connectivity index (χ0) is 15.1. The number of nitrogens with one attached hydrogen (secondary N) is 2. The van der Waals surface area contributed by atoms with Crippen LogP contribution in [0.5, 0.6) is 5.75 Å². The first kappa shape index (κ1) is 14.6. The number of rotatable bonds is 4. The van der Waals surface area contributed by atoms with E-state index in [1.165, 1.54) is 0 Å². The molecule has 0 saturated heterocycles. The van der Waals surface area contributed by atoms with E-state index < -0.39 is 0 Å². The predicted molar refractivity (Wildman–Crippen MR) is 78.7 cm³/mol. The number of methoxy groups -OCH3 is 1. The molecule has 0 unspecified atom stereocenters. The van der Waals surface area contributed by atoms with Gasteiger partial charge in [-0.3, -0.25) is 20.4 Å². The second-order valence-electron chi connectivity index (χ2n) is 4.40. The highest BCUT2D eigenvalue weighted by atomic mass is 16.5. The highest BCUT2D eigenvalue weighted by Crippen LogP contribution is 2.12. The van der Waals surface area contributed by atoms with E-state index in [9.17, 15) is 9.59 Å². The largest absolute Gasteiger partial charge is 0.497 e. The van der Waals surface area contributed by atoms with Gasteiger partial charge in [-0.05, 0) is 29.8 Å². The van der Waals surface area contributed by atoms with Crippen LogP contribution in [-0.4, -0.2) is 18.9 Å². The second-order valence-corrected chi connectivity index (χ2v) is 4.40. The first-order valence-corrected chi connectivity index (χ1v) is 6.46. The van der Waals surface area contributed by atoms with Crippen molar-refractivity contribution >= 4 is 11.8 Å². The molecule has 0 aliphatic carbocycles. The molecule has 2 aromatic carbocycles. The Morgan fingerprint density at radius 2 is 1.76 bits per heavy atom. The molecule has 2 amide bonds. The van der Waals surface area contributed by atoms with Gasteiger partial charge >= 0.3 is 0 Å². The molecular weight excluding hydrogens is 268 g/mol. The second kappa shape index (κ2) is 7.09.